The number of hydrogen-bond acceptors (Lipinski definition) is 4. The molecule has 0 bridgehead atoms. The Hall–Kier alpha value is -1.44. The molecular formula is C20H27FN2O2S2. The number of anilines is 1. The number of benzene rings is 1. The third kappa shape index (κ3) is 6.02. The van der Waals surface area contributed by atoms with E-state index in [9.17, 15) is 12.8 Å². The fraction of sp³-hybridized carbons (Fsp3) is 0.500. The maximum absolute atomic E-state index is 14.3. The number of rotatable bonds is 9. The molecule has 1 fully saturated rings. The van der Waals surface area contributed by atoms with Gasteiger partial charge in [-0.15, -0.1) is 11.3 Å². The Labute approximate surface area is 165 Å². The number of thiophene rings is 1. The summed E-state index contributed by atoms with van der Waals surface area (Å²) in [7, 11) is -3.59. The Morgan fingerprint density at radius 3 is 2.63 bits per heavy atom. The van der Waals surface area contributed by atoms with E-state index in [-0.39, 0.29) is 4.21 Å². The zero-order chi connectivity index (χ0) is 19.1. The summed E-state index contributed by atoms with van der Waals surface area (Å²) in [5.41, 5.74) is 1.34. The van der Waals surface area contributed by atoms with Gasteiger partial charge in [-0.05, 0) is 35.4 Å². The minimum Gasteiger partial charge on any atom is -0.310 e. The van der Waals surface area contributed by atoms with E-state index in [4.69, 9.17) is 0 Å². The highest BCUT2D eigenvalue weighted by atomic mass is 32.2. The van der Waals surface area contributed by atoms with E-state index in [1.807, 2.05) is 12.1 Å². The van der Waals surface area contributed by atoms with Gasteiger partial charge in [0.05, 0.1) is 5.69 Å². The van der Waals surface area contributed by atoms with Crippen LogP contribution in [0.2, 0.25) is 0 Å². The molecule has 1 heterocycles. The van der Waals surface area contributed by atoms with Crippen molar-refractivity contribution >= 4 is 27.0 Å². The molecule has 1 atom stereocenters. The fourth-order valence-corrected chi connectivity index (χ4v) is 5.71. The monoisotopic (exact) mass is 410 g/mol. The average Bonchev–Trinajstić information content (AvgIpc) is 3.19. The minimum atomic E-state index is -3.59. The molecule has 0 radical (unpaired) electrons. The molecule has 1 aromatic carbocycles. The molecule has 148 valence electrons. The predicted molar refractivity (Wildman–Crippen MR) is 109 cm³/mol. The molecular weight excluding hydrogens is 383 g/mol. The lowest BCUT2D eigenvalue weighted by molar-refractivity contribution is 0.225. The molecule has 7 heteroatoms. The third-order valence-electron chi connectivity index (χ3n) is 5.02. The molecule has 0 spiro atoms. The molecule has 1 aliphatic rings. The number of nitrogens with one attached hydrogen (secondary N) is 2. The minimum absolute atomic E-state index is 0.279. The van der Waals surface area contributed by atoms with Gasteiger partial charge in [0.1, 0.15) is 10.4 Å². The zero-order valence-corrected chi connectivity index (χ0v) is 17.0. The van der Waals surface area contributed by atoms with E-state index in [1.165, 1.54) is 30.6 Å². The molecule has 1 aromatic heterocycles. The van der Waals surface area contributed by atoms with Crippen molar-refractivity contribution < 1.29 is 12.8 Å². The SMILES string of the molecule is O=S(=O)(Nc1ccccc1CNCC(F)CC1CCCCC1)c1cccs1. The topological polar surface area (TPSA) is 58.2 Å². The summed E-state index contributed by atoms with van der Waals surface area (Å²) in [6.45, 7) is 0.719. The highest BCUT2D eigenvalue weighted by molar-refractivity contribution is 7.94. The Kier molecular flexibility index (Phi) is 7.26. The van der Waals surface area contributed by atoms with Crippen molar-refractivity contribution in [2.75, 3.05) is 11.3 Å². The molecule has 27 heavy (non-hydrogen) atoms. The van der Waals surface area contributed by atoms with Crippen molar-refractivity contribution in [1.82, 2.24) is 5.32 Å². The van der Waals surface area contributed by atoms with Crippen molar-refractivity contribution in [2.24, 2.45) is 5.92 Å². The van der Waals surface area contributed by atoms with Crippen molar-refractivity contribution in [3.63, 3.8) is 0 Å². The van der Waals surface area contributed by atoms with Gasteiger partial charge < -0.3 is 5.32 Å². The molecule has 0 amide bonds. The van der Waals surface area contributed by atoms with E-state index in [0.29, 0.717) is 31.1 Å². The van der Waals surface area contributed by atoms with Gasteiger partial charge in [-0.25, -0.2) is 12.8 Å². The van der Waals surface area contributed by atoms with Gasteiger partial charge in [-0.1, -0.05) is 56.4 Å². The summed E-state index contributed by atoms with van der Waals surface area (Å²) in [6, 6.07) is 10.5. The normalized spacial score (nSPS) is 16.9. The fourth-order valence-electron chi connectivity index (χ4n) is 3.62. The predicted octanol–water partition coefficient (Wildman–Crippen LogP) is 4.95. The average molecular weight is 411 g/mol. The molecule has 0 aliphatic heterocycles. The Bertz CT molecular complexity index is 803. The van der Waals surface area contributed by atoms with E-state index in [0.717, 1.165) is 18.4 Å². The molecule has 1 unspecified atom stereocenters. The first-order valence-electron chi connectivity index (χ1n) is 9.53. The van der Waals surface area contributed by atoms with Gasteiger partial charge in [0, 0.05) is 13.1 Å². The maximum Gasteiger partial charge on any atom is 0.271 e. The summed E-state index contributed by atoms with van der Waals surface area (Å²) >= 11 is 1.18. The number of sulfonamides is 1. The molecule has 0 saturated heterocycles. The Morgan fingerprint density at radius 1 is 1.11 bits per heavy atom. The lowest BCUT2D eigenvalue weighted by Gasteiger charge is -2.23. The quantitative estimate of drug-likeness (QED) is 0.615. The standard InChI is InChI=1S/C20H27FN2O2S2/c21-18(13-16-7-2-1-3-8-16)15-22-14-17-9-4-5-10-19(17)23-27(24,25)20-11-6-12-26-20/h4-6,9-12,16,18,22-23H,1-3,7-8,13-15H2. The summed E-state index contributed by atoms with van der Waals surface area (Å²) < 4.78 is 42.1. The molecule has 1 aliphatic carbocycles. The molecule has 2 aromatic rings. The van der Waals surface area contributed by atoms with Crippen LogP contribution < -0.4 is 10.0 Å². The number of alkyl halides is 1. The van der Waals surface area contributed by atoms with Crippen LogP contribution >= 0.6 is 11.3 Å². The largest absolute Gasteiger partial charge is 0.310 e. The van der Waals surface area contributed by atoms with Gasteiger partial charge in [-0.3, -0.25) is 4.72 Å². The second-order valence-electron chi connectivity index (χ2n) is 7.16. The van der Waals surface area contributed by atoms with Crippen molar-refractivity contribution in [2.45, 2.75) is 55.5 Å². The van der Waals surface area contributed by atoms with Crippen LogP contribution in [0.4, 0.5) is 10.1 Å². The first-order chi connectivity index (χ1) is 13.0. The number of hydrogen-bond donors (Lipinski definition) is 2. The van der Waals surface area contributed by atoms with Gasteiger partial charge >= 0.3 is 0 Å². The van der Waals surface area contributed by atoms with E-state index in [2.05, 4.69) is 10.0 Å². The highest BCUT2D eigenvalue weighted by Gasteiger charge is 2.19. The van der Waals surface area contributed by atoms with Crippen LogP contribution in [0.1, 0.15) is 44.1 Å². The molecule has 4 nitrogen and oxygen atoms in total. The van der Waals surface area contributed by atoms with Crippen LogP contribution in [0.25, 0.3) is 0 Å². The maximum atomic E-state index is 14.3. The lowest BCUT2D eigenvalue weighted by atomic mass is 9.86. The highest BCUT2D eigenvalue weighted by Crippen LogP contribution is 2.28. The van der Waals surface area contributed by atoms with Crippen molar-refractivity contribution in [1.29, 1.82) is 0 Å². The van der Waals surface area contributed by atoms with Crippen LogP contribution in [0, 0.1) is 5.92 Å². The first kappa shape index (κ1) is 20.3. The molecule has 3 rings (SSSR count). The van der Waals surface area contributed by atoms with Crippen molar-refractivity contribution in [3.8, 4) is 0 Å². The van der Waals surface area contributed by atoms with Crippen LogP contribution in [0.5, 0.6) is 0 Å². The van der Waals surface area contributed by atoms with Crippen LogP contribution in [-0.2, 0) is 16.6 Å². The van der Waals surface area contributed by atoms with Crippen LogP contribution in [-0.4, -0.2) is 21.1 Å². The summed E-state index contributed by atoms with van der Waals surface area (Å²) in [5.74, 6) is 0.514. The van der Waals surface area contributed by atoms with Crippen LogP contribution in [0.15, 0.2) is 46.0 Å². The van der Waals surface area contributed by atoms with Gasteiger partial charge in [0.15, 0.2) is 0 Å². The van der Waals surface area contributed by atoms with E-state index >= 15 is 0 Å². The van der Waals surface area contributed by atoms with E-state index in [1.54, 1.807) is 29.6 Å². The zero-order valence-electron chi connectivity index (χ0n) is 15.4. The van der Waals surface area contributed by atoms with Gasteiger partial charge in [0.2, 0.25) is 0 Å². The van der Waals surface area contributed by atoms with E-state index < -0.39 is 16.2 Å². The van der Waals surface area contributed by atoms with Crippen molar-refractivity contribution in [3.05, 3.63) is 47.3 Å². The molecule has 2 N–H and O–H groups in total. The number of para-hydroxylation sites is 1. The molecule has 1 saturated carbocycles. The number of halogens is 1. The third-order valence-corrected chi connectivity index (χ3v) is 7.78. The van der Waals surface area contributed by atoms with Gasteiger partial charge in [-0.2, -0.15) is 0 Å². The first-order valence-corrected chi connectivity index (χ1v) is 11.9. The Balaban J connectivity index is 1.53. The summed E-state index contributed by atoms with van der Waals surface area (Å²) in [5, 5.41) is 4.88. The van der Waals surface area contributed by atoms with Crippen LogP contribution in [0.3, 0.4) is 0 Å². The smallest absolute Gasteiger partial charge is 0.271 e. The summed E-state index contributed by atoms with van der Waals surface area (Å²) in [4.78, 5) is 0. The second-order valence-corrected chi connectivity index (χ2v) is 10.0. The van der Waals surface area contributed by atoms with Gasteiger partial charge in [0.25, 0.3) is 10.0 Å². The summed E-state index contributed by atoms with van der Waals surface area (Å²) in [6.07, 6.45) is 5.79. The second kappa shape index (κ2) is 9.66. The lowest BCUT2D eigenvalue weighted by Crippen LogP contribution is -2.26. The Morgan fingerprint density at radius 2 is 1.89 bits per heavy atom.